The molecule has 1 unspecified atom stereocenters. The van der Waals surface area contributed by atoms with Crippen molar-refractivity contribution in [3.8, 4) is 0 Å². The second-order valence-electron chi connectivity index (χ2n) is 5.28. The topological polar surface area (TPSA) is 113 Å². The van der Waals surface area contributed by atoms with Crippen LogP contribution >= 0.6 is 0 Å². The minimum absolute atomic E-state index is 0.131. The summed E-state index contributed by atoms with van der Waals surface area (Å²) in [5.74, 6) is 0.814. The molecule has 0 saturated heterocycles. The van der Waals surface area contributed by atoms with Crippen LogP contribution in [-0.4, -0.2) is 39.2 Å². The van der Waals surface area contributed by atoms with Crippen LogP contribution in [0.5, 0.6) is 0 Å². The predicted molar refractivity (Wildman–Crippen MR) is 81.5 cm³/mol. The Morgan fingerprint density at radius 3 is 2.52 bits per heavy atom. The minimum Gasteiger partial charge on any atom is -0.391 e. The fourth-order valence-corrected chi connectivity index (χ4v) is 1.99. The summed E-state index contributed by atoms with van der Waals surface area (Å²) in [5, 5.41) is 26.8. The molecule has 8 nitrogen and oxygen atoms in total. The lowest BCUT2D eigenvalue weighted by molar-refractivity contribution is -0.385. The number of hydrogen-bond acceptors (Lipinski definition) is 7. The van der Waals surface area contributed by atoms with Gasteiger partial charge in [0.15, 0.2) is 0 Å². The van der Waals surface area contributed by atoms with Crippen molar-refractivity contribution in [2.45, 2.75) is 40.2 Å². The average Bonchev–Trinajstić information content (AvgIpc) is 2.34. The molecule has 8 heteroatoms. The van der Waals surface area contributed by atoms with Crippen LogP contribution in [0.25, 0.3) is 0 Å². The Morgan fingerprint density at radius 1 is 1.33 bits per heavy atom. The van der Waals surface area contributed by atoms with Gasteiger partial charge in [-0.1, -0.05) is 13.8 Å². The second kappa shape index (κ2) is 7.72. The average molecular weight is 297 g/mol. The number of rotatable bonds is 8. The fourth-order valence-electron chi connectivity index (χ4n) is 1.99. The van der Waals surface area contributed by atoms with Crippen LogP contribution in [0.3, 0.4) is 0 Å². The summed E-state index contributed by atoms with van der Waals surface area (Å²) in [6.45, 7) is 8.29. The molecular weight excluding hydrogens is 274 g/mol. The molecule has 118 valence electrons. The van der Waals surface area contributed by atoms with Crippen molar-refractivity contribution >= 4 is 17.5 Å². The summed E-state index contributed by atoms with van der Waals surface area (Å²) in [6.07, 6.45) is 0.0349. The van der Waals surface area contributed by atoms with E-state index in [0.29, 0.717) is 24.8 Å². The van der Waals surface area contributed by atoms with Gasteiger partial charge in [-0.25, -0.2) is 4.98 Å². The normalized spacial score (nSPS) is 12.3. The predicted octanol–water partition coefficient (Wildman–Crippen LogP) is 1.94. The van der Waals surface area contributed by atoms with E-state index >= 15 is 0 Å². The monoisotopic (exact) mass is 297 g/mol. The Morgan fingerprint density at radius 2 is 2.00 bits per heavy atom. The van der Waals surface area contributed by atoms with Crippen LogP contribution in [0.2, 0.25) is 0 Å². The maximum Gasteiger partial charge on any atom is 0.332 e. The molecule has 0 aliphatic carbocycles. The van der Waals surface area contributed by atoms with Crippen LogP contribution in [0, 0.1) is 23.0 Å². The molecule has 1 aromatic heterocycles. The number of aromatic nitrogens is 2. The Bertz CT molecular complexity index is 493. The SMILES string of the molecule is CCNc1nc(C)c([N+](=O)[O-])c(NCC(O)CC(C)C)n1. The standard InChI is InChI=1S/C13H23N5O3/c1-5-14-13-16-9(4)11(18(20)21)12(17-13)15-7-10(19)6-8(2)3/h8,10,19H,5-7H2,1-4H3,(H2,14,15,16,17). The van der Waals surface area contributed by atoms with Gasteiger partial charge in [0, 0.05) is 13.1 Å². The van der Waals surface area contributed by atoms with E-state index in [1.807, 2.05) is 20.8 Å². The molecule has 0 aromatic carbocycles. The van der Waals surface area contributed by atoms with Crippen molar-refractivity contribution in [2.75, 3.05) is 23.7 Å². The van der Waals surface area contributed by atoms with Gasteiger partial charge in [0.25, 0.3) is 0 Å². The van der Waals surface area contributed by atoms with Gasteiger partial charge in [-0.05, 0) is 26.2 Å². The van der Waals surface area contributed by atoms with E-state index < -0.39 is 11.0 Å². The molecule has 0 fully saturated rings. The molecule has 1 rings (SSSR count). The zero-order chi connectivity index (χ0) is 16.0. The quantitative estimate of drug-likeness (QED) is 0.496. The Kier molecular flexibility index (Phi) is 6.29. The molecule has 21 heavy (non-hydrogen) atoms. The van der Waals surface area contributed by atoms with E-state index in [2.05, 4.69) is 20.6 Å². The summed E-state index contributed by atoms with van der Waals surface area (Å²) in [5.41, 5.74) is 0.125. The van der Waals surface area contributed by atoms with Gasteiger partial charge in [-0.15, -0.1) is 0 Å². The van der Waals surface area contributed by atoms with E-state index in [0.717, 1.165) is 0 Å². The molecule has 1 aromatic rings. The number of nitro groups is 1. The van der Waals surface area contributed by atoms with Crippen LogP contribution in [0.1, 0.15) is 32.9 Å². The van der Waals surface area contributed by atoms with Crippen molar-refractivity contribution in [1.82, 2.24) is 9.97 Å². The third-order valence-electron chi connectivity index (χ3n) is 2.82. The summed E-state index contributed by atoms with van der Waals surface area (Å²) in [7, 11) is 0. The van der Waals surface area contributed by atoms with Gasteiger partial charge in [-0.3, -0.25) is 10.1 Å². The van der Waals surface area contributed by atoms with Crippen LogP contribution in [0.15, 0.2) is 0 Å². The summed E-state index contributed by atoms with van der Waals surface area (Å²) in [6, 6.07) is 0. The second-order valence-corrected chi connectivity index (χ2v) is 5.28. The molecule has 0 aliphatic rings. The van der Waals surface area contributed by atoms with Gasteiger partial charge < -0.3 is 15.7 Å². The van der Waals surface area contributed by atoms with Crippen molar-refractivity contribution < 1.29 is 10.0 Å². The van der Waals surface area contributed by atoms with E-state index in [9.17, 15) is 15.2 Å². The number of aliphatic hydroxyl groups is 1. The molecule has 0 aliphatic heterocycles. The molecule has 0 amide bonds. The minimum atomic E-state index is -0.581. The van der Waals surface area contributed by atoms with Crippen LogP contribution in [-0.2, 0) is 0 Å². The van der Waals surface area contributed by atoms with Gasteiger partial charge in [0.05, 0.1) is 11.0 Å². The number of aryl methyl sites for hydroxylation is 1. The third kappa shape index (κ3) is 5.14. The highest BCUT2D eigenvalue weighted by Gasteiger charge is 2.22. The molecule has 0 bridgehead atoms. The van der Waals surface area contributed by atoms with E-state index in [1.165, 1.54) is 0 Å². The summed E-state index contributed by atoms with van der Waals surface area (Å²) in [4.78, 5) is 18.8. The molecule has 0 radical (unpaired) electrons. The van der Waals surface area contributed by atoms with E-state index in [1.54, 1.807) is 6.92 Å². The Hall–Kier alpha value is -1.96. The van der Waals surface area contributed by atoms with Crippen molar-refractivity contribution in [1.29, 1.82) is 0 Å². The largest absolute Gasteiger partial charge is 0.391 e. The molecule has 0 spiro atoms. The molecule has 0 saturated carbocycles. The smallest absolute Gasteiger partial charge is 0.332 e. The number of aliphatic hydroxyl groups excluding tert-OH is 1. The molecule has 1 atom stereocenters. The maximum absolute atomic E-state index is 11.1. The molecule has 3 N–H and O–H groups in total. The van der Waals surface area contributed by atoms with Crippen LogP contribution < -0.4 is 10.6 Å². The lowest BCUT2D eigenvalue weighted by atomic mass is 10.1. The lowest BCUT2D eigenvalue weighted by Crippen LogP contribution is -2.22. The summed E-state index contributed by atoms with van der Waals surface area (Å²) >= 11 is 0. The van der Waals surface area contributed by atoms with Crippen molar-refractivity contribution in [3.05, 3.63) is 15.8 Å². The first-order chi connectivity index (χ1) is 9.85. The first-order valence-electron chi connectivity index (χ1n) is 7.04. The Labute approximate surface area is 124 Å². The number of nitrogens with zero attached hydrogens (tertiary/aromatic N) is 3. The van der Waals surface area contributed by atoms with Gasteiger partial charge >= 0.3 is 5.69 Å². The van der Waals surface area contributed by atoms with Crippen molar-refractivity contribution in [3.63, 3.8) is 0 Å². The first kappa shape index (κ1) is 17.1. The van der Waals surface area contributed by atoms with Gasteiger partial charge in [0.2, 0.25) is 11.8 Å². The zero-order valence-corrected chi connectivity index (χ0v) is 12.9. The highest BCUT2D eigenvalue weighted by molar-refractivity contribution is 5.60. The highest BCUT2D eigenvalue weighted by atomic mass is 16.6. The van der Waals surface area contributed by atoms with Gasteiger partial charge in [-0.2, -0.15) is 4.98 Å². The highest BCUT2D eigenvalue weighted by Crippen LogP contribution is 2.26. The number of hydrogen-bond donors (Lipinski definition) is 3. The van der Waals surface area contributed by atoms with Gasteiger partial charge in [0.1, 0.15) is 5.69 Å². The third-order valence-corrected chi connectivity index (χ3v) is 2.82. The summed E-state index contributed by atoms with van der Waals surface area (Å²) < 4.78 is 0. The fraction of sp³-hybridized carbons (Fsp3) is 0.692. The Balaban J connectivity index is 2.94. The zero-order valence-electron chi connectivity index (χ0n) is 12.9. The molecule has 1 heterocycles. The number of anilines is 2. The maximum atomic E-state index is 11.1. The number of nitrogens with one attached hydrogen (secondary N) is 2. The van der Waals surface area contributed by atoms with Crippen molar-refractivity contribution in [2.24, 2.45) is 5.92 Å². The van der Waals surface area contributed by atoms with E-state index in [4.69, 9.17) is 0 Å². The lowest BCUT2D eigenvalue weighted by Gasteiger charge is -2.15. The van der Waals surface area contributed by atoms with Crippen LogP contribution in [0.4, 0.5) is 17.5 Å². The van der Waals surface area contributed by atoms with E-state index in [-0.39, 0.29) is 23.7 Å². The first-order valence-corrected chi connectivity index (χ1v) is 7.04. The molecular formula is C13H23N5O3.